The number of halogens is 1. The van der Waals surface area contributed by atoms with Gasteiger partial charge in [-0.15, -0.1) is 12.4 Å². The second-order valence-electron chi connectivity index (χ2n) is 7.30. The van der Waals surface area contributed by atoms with E-state index >= 15 is 0 Å². The van der Waals surface area contributed by atoms with Crippen LogP contribution in [0.2, 0.25) is 0 Å². The van der Waals surface area contributed by atoms with Gasteiger partial charge in [0.15, 0.2) is 0 Å². The Morgan fingerprint density at radius 1 is 1.35 bits per heavy atom. The van der Waals surface area contributed by atoms with Gasteiger partial charge < -0.3 is 10.6 Å². The lowest BCUT2D eigenvalue weighted by Gasteiger charge is -2.42. The Kier molecular flexibility index (Phi) is 5.43. The first kappa shape index (κ1) is 20.7. The molecule has 0 aromatic heterocycles. The molecule has 0 radical (unpaired) electrons. The van der Waals surface area contributed by atoms with Gasteiger partial charge in [-0.1, -0.05) is 13.8 Å². The molecule has 0 spiro atoms. The van der Waals surface area contributed by atoms with Gasteiger partial charge in [-0.2, -0.15) is 0 Å². The number of hydrogen-bond donors (Lipinski definition) is 1. The average molecular weight is 402 g/mol. The number of amides is 2. The number of nitrogens with zero attached hydrogens (tertiary/aromatic N) is 2. The fourth-order valence-corrected chi connectivity index (χ4v) is 5.05. The van der Waals surface area contributed by atoms with Crippen LogP contribution < -0.4 is 5.73 Å². The van der Waals surface area contributed by atoms with Crippen molar-refractivity contribution in [1.29, 1.82) is 0 Å². The summed E-state index contributed by atoms with van der Waals surface area (Å²) in [6.45, 7) is 6.75. The van der Waals surface area contributed by atoms with Gasteiger partial charge in [0.05, 0.1) is 5.56 Å². The monoisotopic (exact) mass is 401 g/mol. The average Bonchev–Trinajstić information content (AvgIpc) is 2.75. The predicted octanol–water partition coefficient (Wildman–Crippen LogP) is 1.47. The van der Waals surface area contributed by atoms with Crippen molar-refractivity contribution < 1.29 is 18.0 Å². The first-order chi connectivity index (χ1) is 11.6. The molecule has 26 heavy (non-hydrogen) atoms. The minimum atomic E-state index is -3.87. The number of carbonyl (C=O) groups excluding carboxylic acids is 2. The largest absolute Gasteiger partial charge is 0.338 e. The van der Waals surface area contributed by atoms with Crippen molar-refractivity contribution in [3.05, 3.63) is 29.3 Å². The van der Waals surface area contributed by atoms with Crippen molar-refractivity contribution in [2.75, 3.05) is 19.6 Å². The summed E-state index contributed by atoms with van der Waals surface area (Å²) < 4.78 is 25.8. The molecule has 1 unspecified atom stereocenters. The molecule has 1 atom stereocenters. The summed E-state index contributed by atoms with van der Waals surface area (Å²) in [5.74, 6) is -0.776. The minimum absolute atomic E-state index is 0. The van der Waals surface area contributed by atoms with Gasteiger partial charge in [-0.25, -0.2) is 12.7 Å². The van der Waals surface area contributed by atoms with E-state index in [-0.39, 0.29) is 52.3 Å². The van der Waals surface area contributed by atoms with Crippen LogP contribution in [0.1, 0.15) is 47.9 Å². The van der Waals surface area contributed by atoms with Crippen LogP contribution in [0, 0.1) is 5.41 Å². The molecule has 0 saturated carbocycles. The van der Waals surface area contributed by atoms with Crippen molar-refractivity contribution >= 4 is 34.2 Å². The molecule has 1 aromatic carbocycles. The van der Waals surface area contributed by atoms with Gasteiger partial charge in [0.25, 0.3) is 21.8 Å². The fourth-order valence-electron chi connectivity index (χ4n) is 3.45. The molecule has 144 valence electrons. The Bertz CT molecular complexity index is 854. The lowest BCUT2D eigenvalue weighted by molar-refractivity contribution is 0.0532. The molecular formula is C17H24ClN3O4S. The van der Waals surface area contributed by atoms with E-state index in [4.69, 9.17) is 5.73 Å². The van der Waals surface area contributed by atoms with Crippen LogP contribution in [0.4, 0.5) is 0 Å². The van der Waals surface area contributed by atoms with E-state index in [2.05, 4.69) is 0 Å². The zero-order chi connectivity index (χ0) is 18.6. The van der Waals surface area contributed by atoms with Gasteiger partial charge in [0.1, 0.15) is 4.90 Å². The predicted molar refractivity (Wildman–Crippen MR) is 99.9 cm³/mol. The van der Waals surface area contributed by atoms with Gasteiger partial charge in [0, 0.05) is 31.2 Å². The molecule has 0 aliphatic carbocycles. The van der Waals surface area contributed by atoms with Crippen molar-refractivity contribution in [3.63, 3.8) is 0 Å². The fraction of sp³-hybridized carbons (Fsp3) is 0.529. The number of rotatable bonds is 2. The first-order valence-electron chi connectivity index (χ1n) is 8.35. The third-order valence-corrected chi connectivity index (χ3v) is 7.04. The number of piperidine rings is 1. The standard InChI is InChI=1S/C17H23N3O4S.ClH/c1-4-20-16(22)12-6-5-11(9-13(12)25(20,23)24)15(21)19-8-7-14(18)17(2,3)10-19;/h5-6,9,14H,4,7-8,10,18H2,1-3H3;1H. The number of sulfonamides is 1. The van der Waals surface area contributed by atoms with Crippen LogP contribution in [0.15, 0.2) is 23.1 Å². The van der Waals surface area contributed by atoms with Crippen LogP contribution >= 0.6 is 12.4 Å². The second kappa shape index (κ2) is 6.83. The first-order valence-corrected chi connectivity index (χ1v) is 9.79. The van der Waals surface area contributed by atoms with Gasteiger partial charge >= 0.3 is 0 Å². The van der Waals surface area contributed by atoms with E-state index in [9.17, 15) is 18.0 Å². The SMILES string of the molecule is CCN1C(=O)c2ccc(C(=O)N3CCC(N)C(C)(C)C3)cc2S1(=O)=O.Cl. The topological polar surface area (TPSA) is 101 Å². The zero-order valence-corrected chi connectivity index (χ0v) is 16.7. The molecule has 3 rings (SSSR count). The molecule has 2 N–H and O–H groups in total. The summed E-state index contributed by atoms with van der Waals surface area (Å²) in [5, 5.41) is 0. The van der Waals surface area contributed by atoms with Crippen LogP contribution in [0.25, 0.3) is 0 Å². The summed E-state index contributed by atoms with van der Waals surface area (Å²) >= 11 is 0. The maximum atomic E-state index is 12.8. The molecule has 2 aliphatic heterocycles. The molecule has 7 nitrogen and oxygen atoms in total. The highest BCUT2D eigenvalue weighted by Crippen LogP contribution is 2.32. The summed E-state index contributed by atoms with van der Waals surface area (Å²) in [6.07, 6.45) is 0.698. The number of hydrogen-bond acceptors (Lipinski definition) is 5. The molecule has 1 saturated heterocycles. The summed E-state index contributed by atoms with van der Waals surface area (Å²) in [6, 6.07) is 4.30. The number of likely N-dealkylation sites (tertiary alicyclic amines) is 1. The number of carbonyl (C=O) groups is 2. The third-order valence-electron chi connectivity index (χ3n) is 5.14. The highest BCUT2D eigenvalue weighted by Gasteiger charge is 2.41. The maximum absolute atomic E-state index is 12.8. The Morgan fingerprint density at radius 3 is 2.58 bits per heavy atom. The zero-order valence-electron chi connectivity index (χ0n) is 15.1. The number of fused-ring (bicyclic) bond motifs is 1. The van der Waals surface area contributed by atoms with E-state index in [0.29, 0.717) is 19.5 Å². The quantitative estimate of drug-likeness (QED) is 0.808. The third kappa shape index (κ3) is 3.10. The van der Waals surface area contributed by atoms with Crippen LogP contribution in [0.3, 0.4) is 0 Å². The van der Waals surface area contributed by atoms with Crippen molar-refractivity contribution in [2.45, 2.75) is 38.1 Å². The van der Waals surface area contributed by atoms with Crippen molar-refractivity contribution in [1.82, 2.24) is 9.21 Å². The molecule has 9 heteroatoms. The lowest BCUT2D eigenvalue weighted by atomic mass is 9.79. The molecule has 1 aromatic rings. The second-order valence-corrected chi connectivity index (χ2v) is 9.13. The Balaban J connectivity index is 0.00000243. The highest BCUT2D eigenvalue weighted by atomic mass is 35.5. The van der Waals surface area contributed by atoms with Crippen molar-refractivity contribution in [3.8, 4) is 0 Å². The van der Waals surface area contributed by atoms with E-state index in [1.165, 1.54) is 18.2 Å². The molecule has 2 amide bonds. The highest BCUT2D eigenvalue weighted by molar-refractivity contribution is 7.90. The molecule has 2 aliphatic rings. The van der Waals surface area contributed by atoms with Gasteiger partial charge in [0.2, 0.25) is 0 Å². The minimum Gasteiger partial charge on any atom is -0.338 e. The van der Waals surface area contributed by atoms with E-state index < -0.39 is 15.9 Å². The number of benzene rings is 1. The van der Waals surface area contributed by atoms with Gasteiger partial charge in [-0.05, 0) is 37.0 Å². The molecular weight excluding hydrogens is 378 g/mol. The Morgan fingerprint density at radius 2 is 2.00 bits per heavy atom. The summed E-state index contributed by atoms with van der Waals surface area (Å²) in [5.41, 5.74) is 6.31. The normalized spacial score (nSPS) is 23.4. The van der Waals surface area contributed by atoms with Crippen LogP contribution in [-0.4, -0.2) is 55.1 Å². The Hall–Kier alpha value is -1.64. The molecule has 2 heterocycles. The van der Waals surface area contributed by atoms with E-state index in [1.54, 1.807) is 11.8 Å². The maximum Gasteiger partial charge on any atom is 0.268 e. The number of nitrogens with two attached hydrogens (primary N) is 1. The van der Waals surface area contributed by atoms with E-state index in [1.807, 2.05) is 13.8 Å². The smallest absolute Gasteiger partial charge is 0.268 e. The Labute approximate surface area is 160 Å². The summed E-state index contributed by atoms with van der Waals surface area (Å²) in [4.78, 5) is 26.6. The lowest BCUT2D eigenvalue weighted by Crippen LogP contribution is -2.54. The molecule has 1 fully saturated rings. The van der Waals surface area contributed by atoms with E-state index in [0.717, 1.165) is 4.31 Å². The summed E-state index contributed by atoms with van der Waals surface area (Å²) in [7, 11) is -3.87. The van der Waals surface area contributed by atoms with Gasteiger partial charge in [-0.3, -0.25) is 9.59 Å². The van der Waals surface area contributed by atoms with Crippen molar-refractivity contribution in [2.24, 2.45) is 11.1 Å². The van der Waals surface area contributed by atoms with Crippen LogP contribution in [-0.2, 0) is 10.0 Å². The molecule has 0 bridgehead atoms. The van der Waals surface area contributed by atoms with Crippen LogP contribution in [0.5, 0.6) is 0 Å².